The first-order chi connectivity index (χ1) is 15.8. The number of anilines is 1. The first-order valence-corrected chi connectivity index (χ1v) is 11.5. The Morgan fingerprint density at radius 1 is 1.09 bits per heavy atom. The maximum absolute atomic E-state index is 12.6. The molecule has 0 saturated carbocycles. The van der Waals surface area contributed by atoms with Gasteiger partial charge in [0.25, 0.3) is 5.91 Å². The minimum atomic E-state index is -1.26. The lowest BCUT2D eigenvalue weighted by Gasteiger charge is -2.24. The van der Waals surface area contributed by atoms with Crippen LogP contribution >= 0.6 is 46.4 Å². The van der Waals surface area contributed by atoms with Crippen LogP contribution in [-0.4, -0.2) is 48.5 Å². The van der Waals surface area contributed by atoms with Gasteiger partial charge in [-0.2, -0.15) is 0 Å². The van der Waals surface area contributed by atoms with Gasteiger partial charge in [-0.15, -0.1) is 0 Å². The van der Waals surface area contributed by atoms with Crippen molar-refractivity contribution in [1.82, 2.24) is 15.8 Å². The zero-order valence-corrected chi connectivity index (χ0v) is 20.5. The zero-order chi connectivity index (χ0) is 24.0. The molecule has 0 fully saturated rings. The molecule has 0 atom stereocenters. The summed E-state index contributed by atoms with van der Waals surface area (Å²) in [6.45, 7) is 0.555. The minimum absolute atomic E-state index is 0.167. The molecule has 2 aromatic carbocycles. The summed E-state index contributed by atoms with van der Waals surface area (Å²) in [6, 6.07) is 13.9. The van der Waals surface area contributed by atoms with E-state index in [1.165, 1.54) is 4.90 Å². The van der Waals surface area contributed by atoms with E-state index in [0.29, 0.717) is 38.3 Å². The maximum Gasteiger partial charge on any atom is 0.260 e. The second-order valence-corrected chi connectivity index (χ2v) is 8.80. The van der Waals surface area contributed by atoms with Crippen LogP contribution in [0.15, 0.2) is 53.1 Å². The quantitative estimate of drug-likeness (QED) is 0.389. The normalized spacial score (nSPS) is 11.0. The van der Waals surface area contributed by atoms with Gasteiger partial charge in [-0.3, -0.25) is 9.59 Å². The molecule has 1 aromatic heterocycles. The molecule has 0 unspecified atom stereocenters. The molecule has 3 aromatic rings. The Balaban J connectivity index is 1.86. The van der Waals surface area contributed by atoms with Gasteiger partial charge < -0.3 is 20.1 Å². The van der Waals surface area contributed by atoms with E-state index in [1.807, 2.05) is 0 Å². The number of rotatable bonds is 9. The highest BCUT2D eigenvalue weighted by molar-refractivity contribution is 6.54. The molecule has 0 saturated heterocycles. The Bertz CT molecular complexity index is 1120. The fourth-order valence-corrected chi connectivity index (χ4v) is 3.94. The summed E-state index contributed by atoms with van der Waals surface area (Å²) in [5.74, 6) is -0.260. The van der Waals surface area contributed by atoms with Crippen LogP contribution in [0.3, 0.4) is 0 Å². The van der Waals surface area contributed by atoms with E-state index in [-0.39, 0.29) is 25.5 Å². The van der Waals surface area contributed by atoms with E-state index in [4.69, 9.17) is 50.9 Å². The standard InChI is InChI=1S/C22H20Cl4N4O3/c1-27-12-19(31)28-8-9-30(22(32)21(25)26)14-5-2-4-13(10-14)18-11-17(29-33-18)20-15(23)6-3-7-16(20)24/h2-7,10-11,21,27H,8-9,12H2,1H3,(H,28,31). The van der Waals surface area contributed by atoms with Crippen molar-refractivity contribution in [3.63, 3.8) is 0 Å². The van der Waals surface area contributed by atoms with Crippen LogP contribution in [0, 0.1) is 0 Å². The van der Waals surface area contributed by atoms with Crippen molar-refractivity contribution in [2.75, 3.05) is 31.6 Å². The summed E-state index contributed by atoms with van der Waals surface area (Å²) >= 11 is 24.2. The Morgan fingerprint density at radius 3 is 2.45 bits per heavy atom. The van der Waals surface area contributed by atoms with E-state index < -0.39 is 10.7 Å². The lowest BCUT2D eigenvalue weighted by Crippen LogP contribution is -2.42. The summed E-state index contributed by atoms with van der Waals surface area (Å²) < 4.78 is 5.51. The van der Waals surface area contributed by atoms with Crippen LogP contribution in [-0.2, 0) is 9.59 Å². The fourth-order valence-electron chi connectivity index (χ4n) is 3.11. The van der Waals surface area contributed by atoms with Crippen LogP contribution in [0.1, 0.15) is 0 Å². The summed E-state index contributed by atoms with van der Waals surface area (Å²) in [5, 5.41) is 10.5. The van der Waals surface area contributed by atoms with Gasteiger partial charge in [0, 0.05) is 36.0 Å². The van der Waals surface area contributed by atoms with Crippen LogP contribution in [0.2, 0.25) is 10.0 Å². The molecular weight excluding hydrogens is 510 g/mol. The third kappa shape index (κ3) is 6.40. The van der Waals surface area contributed by atoms with Gasteiger partial charge in [0.15, 0.2) is 10.6 Å². The highest BCUT2D eigenvalue weighted by atomic mass is 35.5. The Labute approximate surface area is 210 Å². The van der Waals surface area contributed by atoms with Crippen LogP contribution < -0.4 is 15.5 Å². The Kier molecular flexibility index (Phi) is 9.00. The number of benzene rings is 2. The summed E-state index contributed by atoms with van der Waals surface area (Å²) in [7, 11) is 1.67. The van der Waals surface area contributed by atoms with Gasteiger partial charge >= 0.3 is 0 Å². The third-order valence-electron chi connectivity index (χ3n) is 4.62. The van der Waals surface area contributed by atoms with Crippen molar-refractivity contribution in [2.45, 2.75) is 4.84 Å². The third-order valence-corrected chi connectivity index (χ3v) is 5.62. The number of alkyl halides is 2. The number of hydrogen-bond donors (Lipinski definition) is 2. The number of hydrogen-bond acceptors (Lipinski definition) is 5. The number of carbonyl (C=O) groups excluding carboxylic acids is 2. The highest BCUT2D eigenvalue weighted by Crippen LogP contribution is 2.36. The molecule has 0 aliphatic heterocycles. The fraction of sp³-hybridized carbons (Fsp3) is 0.227. The Morgan fingerprint density at radius 2 is 1.79 bits per heavy atom. The van der Waals surface area contributed by atoms with Gasteiger partial charge in [-0.25, -0.2) is 0 Å². The molecule has 11 heteroatoms. The molecule has 3 rings (SSSR count). The van der Waals surface area contributed by atoms with E-state index in [1.54, 1.807) is 55.6 Å². The number of halogens is 4. The van der Waals surface area contributed by atoms with Crippen molar-refractivity contribution in [3.8, 4) is 22.6 Å². The van der Waals surface area contributed by atoms with Gasteiger partial charge in [0.2, 0.25) is 5.91 Å². The average molecular weight is 530 g/mol. The largest absolute Gasteiger partial charge is 0.356 e. The number of nitrogens with zero attached hydrogens (tertiary/aromatic N) is 2. The predicted octanol–water partition coefficient (Wildman–Crippen LogP) is 4.79. The SMILES string of the molecule is CNCC(=O)NCCN(C(=O)C(Cl)Cl)c1cccc(-c2cc(-c3c(Cl)cccc3Cl)no2)c1. The molecule has 0 aliphatic carbocycles. The zero-order valence-electron chi connectivity index (χ0n) is 17.4. The van der Waals surface area contributed by atoms with E-state index >= 15 is 0 Å². The van der Waals surface area contributed by atoms with Crippen molar-refractivity contribution in [2.24, 2.45) is 0 Å². The smallest absolute Gasteiger partial charge is 0.260 e. The van der Waals surface area contributed by atoms with Crippen molar-refractivity contribution < 1.29 is 14.1 Å². The maximum atomic E-state index is 12.6. The van der Waals surface area contributed by atoms with Crippen molar-refractivity contribution in [1.29, 1.82) is 0 Å². The van der Waals surface area contributed by atoms with E-state index in [0.717, 1.165) is 0 Å². The summed E-state index contributed by atoms with van der Waals surface area (Å²) in [6.07, 6.45) is 0. The number of likely N-dealkylation sites (N-methyl/N-ethyl adjacent to an activating group) is 1. The molecule has 2 amide bonds. The summed E-state index contributed by atoms with van der Waals surface area (Å²) in [5.41, 5.74) is 2.23. The van der Waals surface area contributed by atoms with Gasteiger partial charge in [0.1, 0.15) is 5.69 Å². The van der Waals surface area contributed by atoms with E-state index in [2.05, 4.69) is 15.8 Å². The second kappa shape index (κ2) is 11.7. The van der Waals surface area contributed by atoms with Gasteiger partial charge in [-0.1, -0.05) is 69.8 Å². The Hall–Kier alpha value is -2.29. The molecule has 33 heavy (non-hydrogen) atoms. The summed E-state index contributed by atoms with van der Waals surface area (Å²) in [4.78, 5) is 24.5. The van der Waals surface area contributed by atoms with Crippen LogP contribution in [0.4, 0.5) is 5.69 Å². The van der Waals surface area contributed by atoms with Crippen molar-refractivity contribution in [3.05, 3.63) is 58.6 Å². The highest BCUT2D eigenvalue weighted by Gasteiger charge is 2.23. The molecule has 0 aliphatic rings. The lowest BCUT2D eigenvalue weighted by molar-refractivity contribution is -0.120. The predicted molar refractivity (Wildman–Crippen MR) is 132 cm³/mol. The lowest BCUT2D eigenvalue weighted by atomic mass is 10.1. The molecular formula is C22H20Cl4N4O3. The van der Waals surface area contributed by atoms with Gasteiger partial charge in [-0.05, 0) is 31.3 Å². The molecule has 174 valence electrons. The number of aromatic nitrogens is 1. The molecule has 0 radical (unpaired) electrons. The number of amides is 2. The van der Waals surface area contributed by atoms with Gasteiger partial charge in [0.05, 0.1) is 16.6 Å². The monoisotopic (exact) mass is 528 g/mol. The van der Waals surface area contributed by atoms with E-state index in [9.17, 15) is 9.59 Å². The number of carbonyl (C=O) groups is 2. The average Bonchev–Trinajstić information content (AvgIpc) is 3.26. The molecule has 0 bridgehead atoms. The minimum Gasteiger partial charge on any atom is -0.356 e. The first kappa shape index (κ1) is 25.3. The molecule has 0 spiro atoms. The van der Waals surface area contributed by atoms with Crippen LogP contribution in [0.5, 0.6) is 0 Å². The van der Waals surface area contributed by atoms with Crippen LogP contribution in [0.25, 0.3) is 22.6 Å². The van der Waals surface area contributed by atoms with Crippen molar-refractivity contribution >= 4 is 63.9 Å². The first-order valence-electron chi connectivity index (χ1n) is 9.84. The molecule has 7 nitrogen and oxygen atoms in total. The number of nitrogens with one attached hydrogen (secondary N) is 2. The second-order valence-electron chi connectivity index (χ2n) is 6.89. The topological polar surface area (TPSA) is 87.5 Å². The molecule has 2 N–H and O–H groups in total. The molecule has 1 heterocycles.